The molecule has 5 heteroatoms. The minimum atomic E-state index is -0.783. The molecule has 0 aromatic heterocycles. The van der Waals surface area contributed by atoms with Crippen LogP contribution in [0.3, 0.4) is 0 Å². The van der Waals surface area contributed by atoms with Gasteiger partial charge in [-0.25, -0.2) is 0 Å². The SMILES string of the molecule is CCNC(=NCC(C)(O)CC)NC1CC(C)(C)Oc2ccccc21. The number of hydrogen-bond acceptors (Lipinski definition) is 3. The number of rotatable bonds is 5. The number of nitrogens with one attached hydrogen (secondary N) is 2. The molecular formula is C19H31N3O2. The van der Waals surface area contributed by atoms with E-state index >= 15 is 0 Å². The molecule has 0 saturated heterocycles. The normalized spacial score (nSPS) is 22.1. The Morgan fingerprint density at radius 3 is 2.75 bits per heavy atom. The summed E-state index contributed by atoms with van der Waals surface area (Å²) in [6.07, 6.45) is 1.52. The van der Waals surface area contributed by atoms with Crippen LogP contribution in [-0.2, 0) is 0 Å². The summed E-state index contributed by atoms with van der Waals surface area (Å²) in [5.74, 6) is 1.64. The third-order valence-corrected chi connectivity index (χ3v) is 4.37. The molecule has 5 nitrogen and oxygen atoms in total. The van der Waals surface area contributed by atoms with Crippen LogP contribution in [-0.4, -0.2) is 35.4 Å². The van der Waals surface area contributed by atoms with Gasteiger partial charge in [0.15, 0.2) is 5.96 Å². The highest BCUT2D eigenvalue weighted by Gasteiger charge is 2.34. The third-order valence-electron chi connectivity index (χ3n) is 4.37. The fraction of sp³-hybridized carbons (Fsp3) is 0.632. The first-order valence-electron chi connectivity index (χ1n) is 8.81. The summed E-state index contributed by atoms with van der Waals surface area (Å²) < 4.78 is 6.08. The zero-order valence-corrected chi connectivity index (χ0v) is 15.5. The quantitative estimate of drug-likeness (QED) is 0.572. The van der Waals surface area contributed by atoms with Crippen molar-refractivity contribution in [2.45, 2.75) is 64.7 Å². The van der Waals surface area contributed by atoms with Gasteiger partial charge in [-0.3, -0.25) is 4.99 Å². The van der Waals surface area contributed by atoms with E-state index in [0.717, 1.165) is 30.2 Å². The second-order valence-electron chi connectivity index (χ2n) is 7.35. The molecule has 1 aliphatic rings. The Kier molecular flexibility index (Phi) is 5.75. The van der Waals surface area contributed by atoms with Gasteiger partial charge in [0, 0.05) is 18.5 Å². The molecule has 0 radical (unpaired) electrons. The zero-order chi connectivity index (χ0) is 17.8. The van der Waals surface area contributed by atoms with Crippen molar-refractivity contribution in [2.24, 2.45) is 4.99 Å². The van der Waals surface area contributed by atoms with Crippen LogP contribution in [0.2, 0.25) is 0 Å². The van der Waals surface area contributed by atoms with E-state index in [-0.39, 0.29) is 11.6 Å². The molecule has 2 atom stereocenters. The fourth-order valence-electron chi connectivity index (χ4n) is 2.78. The smallest absolute Gasteiger partial charge is 0.191 e. The van der Waals surface area contributed by atoms with Gasteiger partial charge in [-0.2, -0.15) is 0 Å². The molecule has 2 unspecified atom stereocenters. The molecule has 134 valence electrons. The summed E-state index contributed by atoms with van der Waals surface area (Å²) in [7, 11) is 0. The summed E-state index contributed by atoms with van der Waals surface area (Å²) in [5.41, 5.74) is 0.123. The number of guanidine groups is 1. The molecule has 0 amide bonds. The lowest BCUT2D eigenvalue weighted by atomic mass is 9.90. The number of fused-ring (bicyclic) bond motifs is 1. The maximum absolute atomic E-state index is 10.2. The number of aliphatic hydroxyl groups is 1. The molecular weight excluding hydrogens is 302 g/mol. The van der Waals surface area contributed by atoms with Gasteiger partial charge in [0.05, 0.1) is 18.2 Å². The molecule has 3 N–H and O–H groups in total. The lowest BCUT2D eigenvalue weighted by Crippen LogP contribution is -2.46. The Bertz CT molecular complexity index is 582. The van der Waals surface area contributed by atoms with Crippen molar-refractivity contribution in [1.82, 2.24) is 10.6 Å². The van der Waals surface area contributed by atoms with E-state index in [1.807, 2.05) is 39.0 Å². The van der Waals surface area contributed by atoms with Crippen molar-refractivity contribution in [3.05, 3.63) is 29.8 Å². The van der Waals surface area contributed by atoms with E-state index in [4.69, 9.17) is 4.74 Å². The largest absolute Gasteiger partial charge is 0.487 e. The van der Waals surface area contributed by atoms with E-state index in [0.29, 0.717) is 13.0 Å². The Morgan fingerprint density at radius 2 is 2.08 bits per heavy atom. The van der Waals surface area contributed by atoms with Crippen LogP contribution in [0.4, 0.5) is 0 Å². The topological polar surface area (TPSA) is 65.9 Å². The van der Waals surface area contributed by atoms with Crippen molar-refractivity contribution in [2.75, 3.05) is 13.1 Å². The van der Waals surface area contributed by atoms with Crippen LogP contribution in [0, 0.1) is 0 Å². The average Bonchev–Trinajstić information content (AvgIpc) is 2.52. The highest BCUT2D eigenvalue weighted by Crippen LogP contribution is 2.39. The van der Waals surface area contributed by atoms with Crippen molar-refractivity contribution in [3.63, 3.8) is 0 Å². The molecule has 0 fully saturated rings. The van der Waals surface area contributed by atoms with Crippen molar-refractivity contribution < 1.29 is 9.84 Å². The monoisotopic (exact) mass is 333 g/mol. The average molecular weight is 333 g/mol. The molecule has 1 aromatic rings. The number of para-hydroxylation sites is 1. The predicted molar refractivity (Wildman–Crippen MR) is 98.5 cm³/mol. The van der Waals surface area contributed by atoms with E-state index < -0.39 is 5.60 Å². The van der Waals surface area contributed by atoms with Crippen LogP contribution in [0.25, 0.3) is 0 Å². The summed E-state index contributed by atoms with van der Waals surface area (Å²) in [6, 6.07) is 8.25. The van der Waals surface area contributed by atoms with Gasteiger partial charge in [0.25, 0.3) is 0 Å². The minimum absolute atomic E-state index is 0.120. The van der Waals surface area contributed by atoms with Gasteiger partial charge < -0.3 is 20.5 Å². The van der Waals surface area contributed by atoms with Crippen LogP contribution < -0.4 is 15.4 Å². The summed E-state index contributed by atoms with van der Waals surface area (Å²) >= 11 is 0. The molecule has 0 aliphatic carbocycles. The highest BCUT2D eigenvalue weighted by atomic mass is 16.5. The molecule has 1 heterocycles. The molecule has 2 rings (SSSR count). The van der Waals surface area contributed by atoms with Gasteiger partial charge >= 0.3 is 0 Å². The summed E-state index contributed by atoms with van der Waals surface area (Å²) in [4.78, 5) is 4.57. The van der Waals surface area contributed by atoms with E-state index in [9.17, 15) is 5.11 Å². The lowest BCUT2D eigenvalue weighted by molar-refractivity contribution is 0.0644. The second-order valence-corrected chi connectivity index (χ2v) is 7.35. The third kappa shape index (κ3) is 4.87. The van der Waals surface area contributed by atoms with Crippen LogP contribution in [0.5, 0.6) is 5.75 Å². The predicted octanol–water partition coefficient (Wildman–Crippen LogP) is 3.00. The molecule has 0 spiro atoms. The minimum Gasteiger partial charge on any atom is -0.487 e. The van der Waals surface area contributed by atoms with Gasteiger partial charge in [0.1, 0.15) is 11.4 Å². The van der Waals surface area contributed by atoms with Crippen LogP contribution >= 0.6 is 0 Å². The maximum atomic E-state index is 10.2. The van der Waals surface area contributed by atoms with Gasteiger partial charge in [0.2, 0.25) is 0 Å². The summed E-state index contributed by atoms with van der Waals surface area (Å²) in [6.45, 7) is 11.2. The molecule has 1 aromatic carbocycles. The maximum Gasteiger partial charge on any atom is 0.191 e. The van der Waals surface area contributed by atoms with Gasteiger partial charge in [-0.15, -0.1) is 0 Å². The Labute approximate surface area is 145 Å². The Balaban J connectivity index is 2.21. The Hall–Kier alpha value is -1.75. The number of benzene rings is 1. The van der Waals surface area contributed by atoms with Crippen molar-refractivity contribution >= 4 is 5.96 Å². The number of nitrogens with zero attached hydrogens (tertiary/aromatic N) is 1. The first-order chi connectivity index (χ1) is 11.3. The standard InChI is InChI=1S/C19H31N3O2/c1-6-19(5,23)13-21-17(20-7-2)22-15-12-18(3,4)24-16-11-9-8-10-14(15)16/h8-11,15,23H,6-7,12-13H2,1-5H3,(H2,20,21,22). The van der Waals surface area contributed by atoms with E-state index in [1.165, 1.54) is 0 Å². The fourth-order valence-corrected chi connectivity index (χ4v) is 2.78. The number of hydrogen-bond donors (Lipinski definition) is 3. The van der Waals surface area contributed by atoms with Crippen molar-refractivity contribution in [1.29, 1.82) is 0 Å². The number of aliphatic imine (C=N–C) groups is 1. The van der Waals surface area contributed by atoms with Crippen molar-refractivity contribution in [3.8, 4) is 5.75 Å². The lowest BCUT2D eigenvalue weighted by Gasteiger charge is -2.38. The van der Waals surface area contributed by atoms with Gasteiger partial charge in [-0.1, -0.05) is 25.1 Å². The zero-order valence-electron chi connectivity index (χ0n) is 15.5. The van der Waals surface area contributed by atoms with Crippen LogP contribution in [0.1, 0.15) is 59.1 Å². The second kappa shape index (κ2) is 7.43. The number of ether oxygens (including phenoxy) is 1. The first kappa shape index (κ1) is 18.6. The highest BCUT2D eigenvalue weighted by molar-refractivity contribution is 5.80. The van der Waals surface area contributed by atoms with E-state index in [2.05, 4.69) is 35.5 Å². The summed E-state index contributed by atoms with van der Waals surface area (Å²) in [5, 5.41) is 17.0. The first-order valence-corrected chi connectivity index (χ1v) is 8.81. The molecule has 0 saturated carbocycles. The van der Waals surface area contributed by atoms with Crippen LogP contribution in [0.15, 0.2) is 29.3 Å². The molecule has 0 bridgehead atoms. The molecule has 1 aliphatic heterocycles. The Morgan fingerprint density at radius 1 is 1.38 bits per heavy atom. The van der Waals surface area contributed by atoms with E-state index in [1.54, 1.807) is 0 Å². The molecule has 24 heavy (non-hydrogen) atoms. The van der Waals surface area contributed by atoms with Gasteiger partial charge in [-0.05, 0) is 40.2 Å².